The Bertz CT molecular complexity index is 370. The summed E-state index contributed by atoms with van der Waals surface area (Å²) in [7, 11) is 0. The van der Waals surface area contributed by atoms with Crippen LogP contribution in [-0.2, 0) is 4.79 Å². The van der Waals surface area contributed by atoms with E-state index in [2.05, 4.69) is 0 Å². The summed E-state index contributed by atoms with van der Waals surface area (Å²) < 4.78 is 13.3. The minimum Gasteiger partial charge on any atom is -0.481 e. The second-order valence-corrected chi connectivity index (χ2v) is 3.63. The van der Waals surface area contributed by atoms with Crippen molar-refractivity contribution in [3.05, 3.63) is 34.6 Å². The lowest BCUT2D eigenvalue weighted by molar-refractivity contribution is -0.137. The highest BCUT2D eigenvalue weighted by molar-refractivity contribution is 6.30. The van der Waals surface area contributed by atoms with Gasteiger partial charge in [0.25, 0.3) is 0 Å². The molecule has 1 atom stereocenters. The highest BCUT2D eigenvalue weighted by Crippen LogP contribution is 2.24. The molecule has 0 aliphatic carbocycles. The molecule has 0 bridgehead atoms. The SMILES string of the molecule is NCC(CC(=O)O)c1cc(Cl)ccc1F. The van der Waals surface area contributed by atoms with Crippen molar-refractivity contribution < 1.29 is 14.3 Å². The van der Waals surface area contributed by atoms with Gasteiger partial charge in [0.1, 0.15) is 5.82 Å². The Balaban J connectivity index is 3.00. The van der Waals surface area contributed by atoms with Crippen LogP contribution in [0.3, 0.4) is 0 Å². The predicted octanol–water partition coefficient (Wildman–Crippen LogP) is 2.00. The van der Waals surface area contributed by atoms with E-state index in [0.717, 1.165) is 0 Å². The van der Waals surface area contributed by atoms with Crippen molar-refractivity contribution in [1.29, 1.82) is 0 Å². The Morgan fingerprint density at radius 1 is 1.60 bits per heavy atom. The van der Waals surface area contributed by atoms with Gasteiger partial charge in [-0.3, -0.25) is 4.79 Å². The zero-order valence-electron chi connectivity index (χ0n) is 7.91. The fraction of sp³-hybridized carbons (Fsp3) is 0.300. The lowest BCUT2D eigenvalue weighted by atomic mass is 9.95. The number of carboxylic acid groups (broad SMARTS) is 1. The fourth-order valence-electron chi connectivity index (χ4n) is 1.36. The van der Waals surface area contributed by atoms with Crippen LogP contribution in [0.1, 0.15) is 17.9 Å². The molecule has 0 heterocycles. The number of carbonyl (C=O) groups is 1. The van der Waals surface area contributed by atoms with Gasteiger partial charge in [-0.05, 0) is 30.3 Å². The maximum atomic E-state index is 13.3. The van der Waals surface area contributed by atoms with E-state index >= 15 is 0 Å². The number of halogens is 2. The summed E-state index contributed by atoms with van der Waals surface area (Å²) in [5, 5.41) is 9.00. The Morgan fingerprint density at radius 2 is 2.27 bits per heavy atom. The average molecular weight is 232 g/mol. The third-order valence-electron chi connectivity index (χ3n) is 2.10. The molecule has 0 saturated heterocycles. The van der Waals surface area contributed by atoms with Crippen LogP contribution in [-0.4, -0.2) is 17.6 Å². The van der Waals surface area contributed by atoms with Crippen LogP contribution in [0.5, 0.6) is 0 Å². The number of carboxylic acids is 1. The van der Waals surface area contributed by atoms with Gasteiger partial charge < -0.3 is 10.8 Å². The van der Waals surface area contributed by atoms with Gasteiger partial charge in [0.2, 0.25) is 0 Å². The van der Waals surface area contributed by atoms with Crippen LogP contribution in [0.4, 0.5) is 4.39 Å². The first-order valence-corrected chi connectivity index (χ1v) is 4.79. The Hall–Kier alpha value is -1.13. The molecule has 5 heteroatoms. The van der Waals surface area contributed by atoms with Gasteiger partial charge >= 0.3 is 5.97 Å². The van der Waals surface area contributed by atoms with Gasteiger partial charge in [-0.25, -0.2) is 4.39 Å². The van der Waals surface area contributed by atoms with Crippen LogP contribution in [0.2, 0.25) is 5.02 Å². The van der Waals surface area contributed by atoms with Crippen LogP contribution in [0.25, 0.3) is 0 Å². The summed E-state index contributed by atoms with van der Waals surface area (Å²) in [6, 6.07) is 4.04. The van der Waals surface area contributed by atoms with Gasteiger partial charge in [0.05, 0.1) is 6.42 Å². The quantitative estimate of drug-likeness (QED) is 0.833. The average Bonchev–Trinajstić information content (AvgIpc) is 2.18. The van der Waals surface area contributed by atoms with Crippen molar-refractivity contribution in [2.24, 2.45) is 5.73 Å². The van der Waals surface area contributed by atoms with Gasteiger partial charge in [-0.1, -0.05) is 11.6 Å². The first-order valence-electron chi connectivity index (χ1n) is 4.41. The molecule has 0 aliphatic rings. The molecule has 0 spiro atoms. The molecule has 0 amide bonds. The standard InChI is InChI=1S/C10H11ClFNO2/c11-7-1-2-9(12)8(4-7)6(5-13)3-10(14)15/h1-2,4,6H,3,5,13H2,(H,14,15). The Morgan fingerprint density at radius 3 is 2.80 bits per heavy atom. The van der Waals surface area contributed by atoms with Crippen LogP contribution < -0.4 is 5.73 Å². The van der Waals surface area contributed by atoms with E-state index in [1.807, 2.05) is 0 Å². The zero-order valence-corrected chi connectivity index (χ0v) is 8.67. The third-order valence-corrected chi connectivity index (χ3v) is 2.34. The van der Waals surface area contributed by atoms with E-state index in [1.54, 1.807) is 0 Å². The number of hydrogen-bond acceptors (Lipinski definition) is 2. The monoisotopic (exact) mass is 231 g/mol. The molecule has 1 unspecified atom stereocenters. The van der Waals surface area contributed by atoms with Crippen molar-refractivity contribution in [2.45, 2.75) is 12.3 Å². The summed E-state index contributed by atoms with van der Waals surface area (Å²) in [5.41, 5.74) is 5.66. The number of nitrogens with two attached hydrogens (primary N) is 1. The van der Waals surface area contributed by atoms with Gasteiger partial charge in [-0.15, -0.1) is 0 Å². The summed E-state index contributed by atoms with van der Waals surface area (Å²) in [6.45, 7) is 0.0730. The maximum absolute atomic E-state index is 13.3. The molecule has 0 radical (unpaired) electrons. The second-order valence-electron chi connectivity index (χ2n) is 3.20. The minimum absolute atomic E-state index is 0.0730. The zero-order chi connectivity index (χ0) is 11.4. The number of aliphatic carboxylic acids is 1. The molecule has 0 saturated carbocycles. The van der Waals surface area contributed by atoms with Crippen LogP contribution in [0, 0.1) is 5.82 Å². The highest BCUT2D eigenvalue weighted by atomic mass is 35.5. The summed E-state index contributed by atoms with van der Waals surface area (Å²) >= 11 is 5.70. The smallest absolute Gasteiger partial charge is 0.304 e. The fourth-order valence-corrected chi connectivity index (χ4v) is 1.54. The Kier molecular flexibility index (Phi) is 4.05. The van der Waals surface area contributed by atoms with Crippen LogP contribution >= 0.6 is 11.6 Å². The van der Waals surface area contributed by atoms with E-state index in [9.17, 15) is 9.18 Å². The van der Waals surface area contributed by atoms with E-state index < -0.39 is 17.7 Å². The van der Waals surface area contributed by atoms with E-state index in [0.29, 0.717) is 5.02 Å². The van der Waals surface area contributed by atoms with Crippen molar-refractivity contribution in [2.75, 3.05) is 6.54 Å². The molecule has 15 heavy (non-hydrogen) atoms. The molecule has 0 fully saturated rings. The largest absolute Gasteiger partial charge is 0.481 e. The first kappa shape index (κ1) is 11.9. The van der Waals surface area contributed by atoms with E-state index in [4.69, 9.17) is 22.4 Å². The van der Waals surface area contributed by atoms with Crippen molar-refractivity contribution in [1.82, 2.24) is 0 Å². The molecule has 1 aromatic carbocycles. The molecule has 0 aliphatic heterocycles. The van der Waals surface area contributed by atoms with Crippen molar-refractivity contribution >= 4 is 17.6 Å². The molecular formula is C10H11ClFNO2. The summed E-state index contributed by atoms with van der Waals surface area (Å²) in [4.78, 5) is 10.5. The van der Waals surface area contributed by atoms with E-state index in [-0.39, 0.29) is 18.5 Å². The number of benzene rings is 1. The first-order chi connectivity index (χ1) is 7.04. The minimum atomic E-state index is -1.01. The molecule has 1 aromatic rings. The molecule has 1 rings (SSSR count). The molecular weight excluding hydrogens is 221 g/mol. The third kappa shape index (κ3) is 3.18. The second kappa shape index (κ2) is 5.09. The molecule has 0 aromatic heterocycles. The van der Waals surface area contributed by atoms with Gasteiger partial charge in [0, 0.05) is 10.9 Å². The number of rotatable bonds is 4. The van der Waals surface area contributed by atoms with Crippen LogP contribution in [0.15, 0.2) is 18.2 Å². The molecule has 82 valence electrons. The predicted molar refractivity (Wildman–Crippen MR) is 55.5 cm³/mol. The molecule has 3 nitrogen and oxygen atoms in total. The summed E-state index contributed by atoms with van der Waals surface area (Å²) in [6.07, 6.45) is -0.201. The molecule has 3 N–H and O–H groups in total. The number of hydrogen-bond donors (Lipinski definition) is 2. The Labute approximate surface area is 91.7 Å². The van der Waals surface area contributed by atoms with E-state index in [1.165, 1.54) is 18.2 Å². The summed E-state index contributed by atoms with van der Waals surface area (Å²) in [5.74, 6) is -2.03. The van der Waals surface area contributed by atoms with Crippen molar-refractivity contribution in [3.8, 4) is 0 Å². The van der Waals surface area contributed by atoms with Gasteiger partial charge in [-0.2, -0.15) is 0 Å². The highest BCUT2D eigenvalue weighted by Gasteiger charge is 2.17. The maximum Gasteiger partial charge on any atom is 0.304 e. The normalized spacial score (nSPS) is 12.5. The van der Waals surface area contributed by atoms with Crippen molar-refractivity contribution in [3.63, 3.8) is 0 Å². The lowest BCUT2D eigenvalue weighted by Crippen LogP contribution is -2.17. The lowest BCUT2D eigenvalue weighted by Gasteiger charge is -2.13. The topological polar surface area (TPSA) is 63.3 Å². The van der Waals surface area contributed by atoms with Gasteiger partial charge in [0.15, 0.2) is 0 Å².